The van der Waals surface area contributed by atoms with Gasteiger partial charge in [-0.15, -0.1) is 4.73 Å². The summed E-state index contributed by atoms with van der Waals surface area (Å²) in [5.74, 6) is -0.0493. The summed E-state index contributed by atoms with van der Waals surface area (Å²) >= 11 is 6.21. The van der Waals surface area contributed by atoms with Crippen LogP contribution in [0.3, 0.4) is 0 Å². The molecule has 3 aromatic carbocycles. The maximum absolute atomic E-state index is 13.8. The van der Waals surface area contributed by atoms with Crippen LogP contribution in [0.25, 0.3) is 10.9 Å². The second kappa shape index (κ2) is 12.0. The summed E-state index contributed by atoms with van der Waals surface area (Å²) in [7, 11) is 0. The zero-order valence-corrected chi connectivity index (χ0v) is 26.4. The van der Waals surface area contributed by atoms with Crippen LogP contribution in [0.4, 0.5) is 5.95 Å². The van der Waals surface area contributed by atoms with Gasteiger partial charge in [0.2, 0.25) is 5.95 Å². The third kappa shape index (κ3) is 7.20. The average molecular weight is 603 g/mol. The number of piperazine rings is 1. The lowest BCUT2D eigenvalue weighted by molar-refractivity contribution is -0.0193. The van der Waals surface area contributed by atoms with Crippen molar-refractivity contribution in [3.05, 3.63) is 105 Å². The number of benzene rings is 3. The second-order valence-corrected chi connectivity index (χ2v) is 13.3. The van der Waals surface area contributed by atoms with Gasteiger partial charge in [-0.3, -0.25) is 9.69 Å². The lowest BCUT2D eigenvalue weighted by Gasteiger charge is -2.40. The van der Waals surface area contributed by atoms with Crippen LogP contribution in [0.2, 0.25) is 5.02 Å². The van der Waals surface area contributed by atoms with Crippen LogP contribution < -0.4 is 15.3 Å². The van der Waals surface area contributed by atoms with Crippen molar-refractivity contribution < 1.29 is 14.4 Å². The summed E-state index contributed by atoms with van der Waals surface area (Å²) in [5.41, 5.74) is 1.52. The number of hydrogen-bond acceptors (Lipinski definition) is 7. The molecule has 0 bridgehead atoms. The van der Waals surface area contributed by atoms with Gasteiger partial charge in [-0.05, 0) is 83.0 Å². The average Bonchev–Trinajstić information content (AvgIpc) is 2.95. The number of rotatable bonds is 6. The molecular formula is C34H39ClN4O4. The Morgan fingerprint density at radius 1 is 0.837 bits per heavy atom. The first kappa shape index (κ1) is 30.6. The molecule has 5 rings (SSSR count). The quantitative estimate of drug-likeness (QED) is 0.245. The minimum Gasteiger partial charge on any atom is -0.456 e. The van der Waals surface area contributed by atoms with Crippen molar-refractivity contribution in [2.24, 2.45) is 0 Å². The molecule has 0 amide bonds. The van der Waals surface area contributed by atoms with E-state index in [-0.39, 0.29) is 11.6 Å². The van der Waals surface area contributed by atoms with Crippen molar-refractivity contribution >= 4 is 34.4 Å². The smallest absolute Gasteiger partial charge is 0.338 e. The van der Waals surface area contributed by atoms with E-state index in [0.29, 0.717) is 40.5 Å². The van der Waals surface area contributed by atoms with Crippen molar-refractivity contribution in [1.29, 1.82) is 0 Å². The van der Waals surface area contributed by atoms with Crippen LogP contribution in [0, 0.1) is 0 Å². The van der Waals surface area contributed by atoms with E-state index < -0.39 is 17.2 Å². The summed E-state index contributed by atoms with van der Waals surface area (Å²) in [6.45, 7) is 13.8. The highest BCUT2D eigenvalue weighted by Gasteiger charge is 2.30. The predicted octanol–water partition coefficient (Wildman–Crippen LogP) is 6.14. The molecule has 2 heterocycles. The van der Waals surface area contributed by atoms with Crippen LogP contribution in [-0.4, -0.2) is 58.0 Å². The SMILES string of the molecule is CC(C)(C)OC(=O)c1ccc2c(=O)n(OC(C)(C)C)c(N3CCN(C(c4ccccc4)c4ccc(Cl)cc4)CC3)nc2c1. The number of anilines is 1. The van der Waals surface area contributed by atoms with E-state index in [9.17, 15) is 9.59 Å². The summed E-state index contributed by atoms with van der Waals surface area (Å²) in [5, 5.41) is 1.07. The van der Waals surface area contributed by atoms with Crippen molar-refractivity contribution in [3.63, 3.8) is 0 Å². The van der Waals surface area contributed by atoms with Gasteiger partial charge in [0.1, 0.15) is 11.2 Å². The standard InChI is InChI=1S/C34H39ClN4O4/c1-33(2,3)42-31(41)25-14-17-27-28(22-25)36-32(39(30(27)40)43-34(4,5)6)38-20-18-37(19-21-38)29(23-10-8-7-9-11-23)24-12-15-26(35)16-13-24/h7-17,22,29H,18-21H2,1-6H3. The highest BCUT2D eigenvalue weighted by molar-refractivity contribution is 6.30. The molecule has 0 N–H and O–H groups in total. The molecule has 1 unspecified atom stereocenters. The monoisotopic (exact) mass is 602 g/mol. The second-order valence-electron chi connectivity index (χ2n) is 12.8. The minimum atomic E-state index is -0.641. The molecule has 1 saturated heterocycles. The Bertz CT molecular complexity index is 1650. The lowest BCUT2D eigenvalue weighted by Crippen LogP contribution is -2.51. The molecular weight excluding hydrogens is 564 g/mol. The Hall–Kier alpha value is -3.88. The van der Waals surface area contributed by atoms with Crippen molar-refractivity contribution in [3.8, 4) is 0 Å². The lowest BCUT2D eigenvalue weighted by atomic mass is 9.96. The van der Waals surface area contributed by atoms with E-state index in [2.05, 4.69) is 46.2 Å². The first-order valence-corrected chi connectivity index (χ1v) is 15.0. The molecule has 0 saturated carbocycles. The fraction of sp³-hybridized carbons (Fsp3) is 0.382. The van der Waals surface area contributed by atoms with Gasteiger partial charge >= 0.3 is 5.97 Å². The Kier molecular flexibility index (Phi) is 8.54. The van der Waals surface area contributed by atoms with E-state index in [1.807, 2.05) is 59.7 Å². The first-order chi connectivity index (χ1) is 20.3. The molecule has 43 heavy (non-hydrogen) atoms. The number of halogens is 1. The van der Waals surface area contributed by atoms with Gasteiger partial charge in [0.15, 0.2) is 0 Å². The number of aromatic nitrogens is 2. The Morgan fingerprint density at radius 3 is 2.07 bits per heavy atom. The van der Waals surface area contributed by atoms with Crippen molar-refractivity contribution in [1.82, 2.24) is 14.6 Å². The number of carbonyl (C=O) groups excluding carboxylic acids is 1. The summed E-state index contributed by atoms with van der Waals surface area (Å²) in [6.07, 6.45) is 0. The molecule has 226 valence electrons. The molecule has 8 nitrogen and oxygen atoms in total. The van der Waals surface area contributed by atoms with Gasteiger partial charge in [-0.25, -0.2) is 9.78 Å². The highest BCUT2D eigenvalue weighted by Crippen LogP contribution is 2.31. The number of nitrogens with zero attached hydrogens (tertiary/aromatic N) is 4. The molecule has 0 aliphatic carbocycles. The Labute approximate surface area is 257 Å². The number of fused-ring (bicyclic) bond motifs is 1. The molecule has 4 aromatic rings. The van der Waals surface area contributed by atoms with E-state index in [4.69, 9.17) is 26.2 Å². The van der Waals surface area contributed by atoms with E-state index >= 15 is 0 Å². The number of ether oxygens (including phenoxy) is 1. The fourth-order valence-electron chi connectivity index (χ4n) is 5.25. The van der Waals surface area contributed by atoms with Crippen LogP contribution >= 0.6 is 11.6 Å². The number of esters is 1. The number of hydrogen-bond donors (Lipinski definition) is 0. The molecule has 0 spiro atoms. The fourth-order valence-corrected chi connectivity index (χ4v) is 5.38. The highest BCUT2D eigenvalue weighted by atomic mass is 35.5. The normalized spacial score (nSPS) is 15.4. The third-order valence-electron chi connectivity index (χ3n) is 7.08. The topological polar surface area (TPSA) is 76.9 Å². The van der Waals surface area contributed by atoms with Gasteiger partial charge in [0.25, 0.3) is 5.56 Å². The van der Waals surface area contributed by atoms with Gasteiger partial charge in [-0.2, -0.15) is 0 Å². The molecule has 0 radical (unpaired) electrons. The van der Waals surface area contributed by atoms with E-state index in [0.717, 1.165) is 18.7 Å². The predicted molar refractivity (Wildman–Crippen MR) is 171 cm³/mol. The first-order valence-electron chi connectivity index (χ1n) is 14.6. The molecule has 9 heteroatoms. The minimum absolute atomic E-state index is 0.0505. The van der Waals surface area contributed by atoms with Crippen LogP contribution in [-0.2, 0) is 4.74 Å². The maximum Gasteiger partial charge on any atom is 0.338 e. The molecule has 1 aliphatic heterocycles. The molecule has 1 aromatic heterocycles. The van der Waals surface area contributed by atoms with Crippen LogP contribution in [0.15, 0.2) is 77.6 Å². The zero-order chi connectivity index (χ0) is 30.9. The molecule has 1 fully saturated rings. The largest absolute Gasteiger partial charge is 0.456 e. The summed E-state index contributed by atoms with van der Waals surface area (Å²) < 4.78 is 6.86. The third-order valence-corrected chi connectivity index (χ3v) is 7.33. The maximum atomic E-state index is 13.8. The van der Waals surface area contributed by atoms with E-state index in [1.165, 1.54) is 10.3 Å². The van der Waals surface area contributed by atoms with Gasteiger partial charge in [0, 0.05) is 31.2 Å². The van der Waals surface area contributed by atoms with Gasteiger partial charge in [0.05, 0.1) is 22.5 Å². The number of carbonyl (C=O) groups is 1. The zero-order valence-electron chi connectivity index (χ0n) is 25.6. The van der Waals surface area contributed by atoms with Crippen LogP contribution in [0.5, 0.6) is 0 Å². The van der Waals surface area contributed by atoms with Gasteiger partial charge < -0.3 is 14.5 Å². The summed E-state index contributed by atoms with van der Waals surface area (Å²) in [6, 6.07) is 23.3. The Morgan fingerprint density at radius 2 is 1.47 bits per heavy atom. The van der Waals surface area contributed by atoms with Gasteiger partial charge in [-0.1, -0.05) is 54.1 Å². The Balaban J connectivity index is 1.49. The molecule has 1 atom stereocenters. The summed E-state index contributed by atoms with van der Waals surface area (Å²) in [4.78, 5) is 42.2. The van der Waals surface area contributed by atoms with Crippen LogP contribution in [0.1, 0.15) is 69.1 Å². The van der Waals surface area contributed by atoms with E-state index in [1.54, 1.807) is 18.2 Å². The molecule has 1 aliphatic rings. The van der Waals surface area contributed by atoms with Crippen molar-refractivity contribution in [2.75, 3.05) is 31.1 Å². The van der Waals surface area contributed by atoms with Crippen molar-refractivity contribution in [2.45, 2.75) is 58.8 Å².